The van der Waals surface area contributed by atoms with Crippen molar-refractivity contribution in [1.29, 1.82) is 0 Å². The van der Waals surface area contributed by atoms with E-state index in [1.165, 1.54) is 17.0 Å². The Labute approximate surface area is 85.0 Å². The first-order valence-corrected chi connectivity index (χ1v) is 4.94. The maximum absolute atomic E-state index is 2.33. The van der Waals surface area contributed by atoms with Crippen LogP contribution in [0.3, 0.4) is 0 Å². The van der Waals surface area contributed by atoms with E-state index in [2.05, 4.69) is 60.9 Å². The molecule has 1 heteroatoms. The molecule has 0 saturated carbocycles. The molecule has 0 unspecified atom stereocenters. The quantitative estimate of drug-likeness (QED) is 0.677. The van der Waals surface area contributed by atoms with Gasteiger partial charge in [-0.1, -0.05) is 30.3 Å². The number of aryl methyl sites for hydroxylation is 2. The summed E-state index contributed by atoms with van der Waals surface area (Å²) in [7, 11) is 0. The lowest BCUT2D eigenvalue weighted by molar-refractivity contribution is 0.749. The molecule has 0 N–H and O–H groups in total. The van der Waals surface area contributed by atoms with E-state index in [1.807, 2.05) is 0 Å². The molecule has 0 fully saturated rings. The van der Waals surface area contributed by atoms with E-state index in [-0.39, 0.29) is 0 Å². The molecule has 1 aromatic heterocycles. The summed E-state index contributed by atoms with van der Waals surface area (Å²) in [6, 6.07) is 14.9. The summed E-state index contributed by atoms with van der Waals surface area (Å²) < 4.78 is 2.33. The van der Waals surface area contributed by atoms with Gasteiger partial charge in [0.15, 0.2) is 0 Å². The molecule has 72 valence electrons. The lowest BCUT2D eigenvalue weighted by atomic mass is 10.2. The van der Waals surface area contributed by atoms with Gasteiger partial charge in [0.2, 0.25) is 0 Å². The highest BCUT2D eigenvalue weighted by Gasteiger charge is 2.00. The predicted molar refractivity (Wildman–Crippen MR) is 59.5 cm³/mol. The van der Waals surface area contributed by atoms with Gasteiger partial charge in [-0.05, 0) is 31.5 Å². The van der Waals surface area contributed by atoms with Crippen molar-refractivity contribution in [2.45, 2.75) is 20.4 Å². The Balaban J connectivity index is 2.27. The molecule has 0 saturated heterocycles. The summed E-state index contributed by atoms with van der Waals surface area (Å²) in [6.45, 7) is 5.28. The van der Waals surface area contributed by atoms with Gasteiger partial charge in [0, 0.05) is 17.9 Å². The number of rotatable bonds is 2. The van der Waals surface area contributed by atoms with Crippen LogP contribution in [0.15, 0.2) is 42.5 Å². The highest BCUT2D eigenvalue weighted by Crippen LogP contribution is 2.10. The van der Waals surface area contributed by atoms with E-state index in [4.69, 9.17) is 0 Å². The normalized spacial score (nSPS) is 10.4. The second-order valence-corrected chi connectivity index (χ2v) is 3.69. The van der Waals surface area contributed by atoms with Gasteiger partial charge in [0.25, 0.3) is 0 Å². The minimum atomic E-state index is 0.978. The fourth-order valence-corrected chi connectivity index (χ4v) is 1.71. The molecule has 0 radical (unpaired) electrons. The van der Waals surface area contributed by atoms with E-state index in [9.17, 15) is 0 Å². The fraction of sp³-hybridized carbons (Fsp3) is 0.231. The minimum Gasteiger partial charge on any atom is -0.345 e. The Morgan fingerprint density at radius 3 is 2.00 bits per heavy atom. The van der Waals surface area contributed by atoms with Crippen LogP contribution in [-0.2, 0) is 6.54 Å². The van der Waals surface area contributed by atoms with Gasteiger partial charge >= 0.3 is 0 Å². The third-order valence-corrected chi connectivity index (χ3v) is 2.60. The molecule has 2 aromatic rings. The second kappa shape index (κ2) is 3.70. The third kappa shape index (κ3) is 1.72. The van der Waals surface area contributed by atoms with Gasteiger partial charge in [-0.3, -0.25) is 0 Å². The summed E-state index contributed by atoms with van der Waals surface area (Å²) in [5, 5.41) is 0. The highest BCUT2D eigenvalue weighted by molar-refractivity contribution is 5.20. The maximum atomic E-state index is 2.33. The van der Waals surface area contributed by atoms with Crippen LogP contribution in [0.4, 0.5) is 0 Å². The van der Waals surface area contributed by atoms with E-state index < -0.39 is 0 Å². The van der Waals surface area contributed by atoms with E-state index in [1.54, 1.807) is 0 Å². The van der Waals surface area contributed by atoms with Crippen LogP contribution in [0.25, 0.3) is 0 Å². The molecule has 1 nitrogen and oxygen atoms in total. The average Bonchev–Trinajstić information content (AvgIpc) is 2.51. The molecule has 14 heavy (non-hydrogen) atoms. The van der Waals surface area contributed by atoms with Crippen LogP contribution in [0, 0.1) is 13.8 Å². The van der Waals surface area contributed by atoms with Crippen molar-refractivity contribution in [1.82, 2.24) is 4.57 Å². The summed E-state index contributed by atoms with van der Waals surface area (Å²) in [5.41, 5.74) is 4.01. The zero-order chi connectivity index (χ0) is 9.97. The van der Waals surface area contributed by atoms with Crippen molar-refractivity contribution in [3.05, 3.63) is 59.4 Å². The van der Waals surface area contributed by atoms with E-state index in [0.717, 1.165) is 6.54 Å². The number of benzene rings is 1. The van der Waals surface area contributed by atoms with Crippen LogP contribution in [0.1, 0.15) is 17.0 Å². The van der Waals surface area contributed by atoms with Crippen molar-refractivity contribution in [3.8, 4) is 0 Å². The number of hydrogen-bond donors (Lipinski definition) is 0. The standard InChI is InChI=1S/C13H15N/c1-11-8-9-12(2)14(11)10-13-6-4-3-5-7-13/h3-9H,10H2,1-2H3. The van der Waals surface area contributed by atoms with Gasteiger partial charge in [-0.25, -0.2) is 0 Å². The largest absolute Gasteiger partial charge is 0.345 e. The van der Waals surface area contributed by atoms with E-state index in [0.29, 0.717) is 0 Å². The summed E-state index contributed by atoms with van der Waals surface area (Å²) >= 11 is 0. The smallest absolute Gasteiger partial charge is 0.0475 e. The monoisotopic (exact) mass is 185 g/mol. The molecule has 0 atom stereocenters. The maximum Gasteiger partial charge on any atom is 0.0475 e. The van der Waals surface area contributed by atoms with Crippen molar-refractivity contribution in [2.24, 2.45) is 0 Å². The predicted octanol–water partition coefficient (Wildman–Crippen LogP) is 3.15. The molecule has 1 heterocycles. The van der Waals surface area contributed by atoms with Crippen molar-refractivity contribution >= 4 is 0 Å². The zero-order valence-corrected chi connectivity index (χ0v) is 8.70. The van der Waals surface area contributed by atoms with Gasteiger partial charge in [0.05, 0.1) is 0 Å². The first-order valence-electron chi connectivity index (χ1n) is 4.94. The van der Waals surface area contributed by atoms with Crippen molar-refractivity contribution in [2.75, 3.05) is 0 Å². The van der Waals surface area contributed by atoms with Gasteiger partial charge < -0.3 is 4.57 Å². The molecule has 0 aliphatic heterocycles. The Bertz CT molecular complexity index is 393. The molecule has 2 rings (SSSR count). The lowest BCUT2D eigenvalue weighted by Gasteiger charge is -2.08. The van der Waals surface area contributed by atoms with Crippen molar-refractivity contribution < 1.29 is 0 Å². The van der Waals surface area contributed by atoms with E-state index >= 15 is 0 Å². The SMILES string of the molecule is Cc1ccc(C)n1Cc1ccccc1. The molecular formula is C13H15N. The Morgan fingerprint density at radius 2 is 1.43 bits per heavy atom. The zero-order valence-electron chi connectivity index (χ0n) is 8.70. The first-order chi connectivity index (χ1) is 6.77. The summed E-state index contributed by atoms with van der Waals surface area (Å²) in [5.74, 6) is 0. The van der Waals surface area contributed by atoms with Crippen LogP contribution >= 0.6 is 0 Å². The Hall–Kier alpha value is -1.50. The summed E-state index contributed by atoms with van der Waals surface area (Å²) in [4.78, 5) is 0. The molecule has 0 bridgehead atoms. The Morgan fingerprint density at radius 1 is 0.857 bits per heavy atom. The molecule has 0 aliphatic rings. The topological polar surface area (TPSA) is 4.93 Å². The molecule has 1 aromatic carbocycles. The molecular weight excluding hydrogens is 170 g/mol. The second-order valence-electron chi connectivity index (χ2n) is 3.69. The average molecular weight is 185 g/mol. The third-order valence-electron chi connectivity index (χ3n) is 2.60. The lowest BCUT2D eigenvalue weighted by Crippen LogP contribution is -2.02. The number of nitrogens with zero attached hydrogens (tertiary/aromatic N) is 1. The number of hydrogen-bond acceptors (Lipinski definition) is 0. The summed E-state index contributed by atoms with van der Waals surface area (Å²) in [6.07, 6.45) is 0. The van der Waals surface area contributed by atoms with Crippen LogP contribution in [-0.4, -0.2) is 4.57 Å². The van der Waals surface area contributed by atoms with Crippen LogP contribution in [0.2, 0.25) is 0 Å². The van der Waals surface area contributed by atoms with Crippen LogP contribution in [0.5, 0.6) is 0 Å². The van der Waals surface area contributed by atoms with Gasteiger partial charge in [-0.15, -0.1) is 0 Å². The first kappa shape index (κ1) is 9.07. The van der Waals surface area contributed by atoms with Gasteiger partial charge in [0.1, 0.15) is 0 Å². The van der Waals surface area contributed by atoms with Gasteiger partial charge in [-0.2, -0.15) is 0 Å². The fourth-order valence-electron chi connectivity index (χ4n) is 1.71. The van der Waals surface area contributed by atoms with Crippen molar-refractivity contribution in [3.63, 3.8) is 0 Å². The highest BCUT2D eigenvalue weighted by atomic mass is 15.0. The number of aromatic nitrogens is 1. The Kier molecular flexibility index (Phi) is 2.40. The minimum absolute atomic E-state index is 0.978. The van der Waals surface area contributed by atoms with Crippen LogP contribution < -0.4 is 0 Å². The molecule has 0 amide bonds. The molecule has 0 spiro atoms. The molecule has 0 aliphatic carbocycles.